The Kier molecular flexibility index (Phi) is 4.21. The zero-order chi connectivity index (χ0) is 12.1. The number of allylic oxidation sites excluding steroid dienone is 1. The van der Waals surface area contributed by atoms with E-state index in [-0.39, 0.29) is 6.10 Å². The van der Waals surface area contributed by atoms with Crippen LogP contribution >= 0.6 is 0 Å². The van der Waals surface area contributed by atoms with Crippen molar-refractivity contribution in [1.29, 1.82) is 0 Å². The maximum absolute atomic E-state index is 5.97. The lowest BCUT2D eigenvalue weighted by Gasteiger charge is -2.17. The van der Waals surface area contributed by atoms with E-state index >= 15 is 0 Å². The number of hydrogen-bond acceptors (Lipinski definition) is 2. The molecule has 0 aliphatic heterocycles. The maximum Gasteiger partial charge on any atom is 0.123 e. The zero-order valence-corrected chi connectivity index (χ0v) is 10.5. The minimum atomic E-state index is 0.210. The molecule has 1 unspecified atom stereocenters. The highest BCUT2D eigenvalue weighted by Gasteiger charge is 2.21. The largest absolute Gasteiger partial charge is 0.489 e. The van der Waals surface area contributed by atoms with E-state index in [0.717, 1.165) is 24.8 Å². The van der Waals surface area contributed by atoms with E-state index in [2.05, 4.69) is 24.9 Å². The van der Waals surface area contributed by atoms with Crippen LogP contribution in [0.15, 0.2) is 36.9 Å². The molecule has 2 nitrogen and oxygen atoms in total. The van der Waals surface area contributed by atoms with Gasteiger partial charge >= 0.3 is 0 Å². The summed E-state index contributed by atoms with van der Waals surface area (Å²) in [4.78, 5) is 0. The summed E-state index contributed by atoms with van der Waals surface area (Å²) >= 11 is 0. The zero-order valence-electron chi connectivity index (χ0n) is 10.5. The average molecular weight is 231 g/mol. The molecule has 1 aliphatic rings. The number of benzene rings is 1. The first kappa shape index (κ1) is 12.2. The Labute approximate surface area is 104 Å². The highest BCUT2D eigenvalue weighted by molar-refractivity contribution is 5.34. The van der Waals surface area contributed by atoms with Gasteiger partial charge in [-0.25, -0.2) is 0 Å². The SMILES string of the molecule is C=CCc1ccccc1OC(C)CNC1CC1. The van der Waals surface area contributed by atoms with Crippen molar-refractivity contribution in [1.82, 2.24) is 5.32 Å². The van der Waals surface area contributed by atoms with E-state index < -0.39 is 0 Å². The van der Waals surface area contributed by atoms with Crippen LogP contribution < -0.4 is 10.1 Å². The summed E-state index contributed by atoms with van der Waals surface area (Å²) in [6.45, 7) is 6.81. The van der Waals surface area contributed by atoms with Crippen molar-refractivity contribution in [3.8, 4) is 5.75 Å². The van der Waals surface area contributed by atoms with Crippen molar-refractivity contribution in [2.75, 3.05) is 6.54 Å². The Balaban J connectivity index is 1.88. The van der Waals surface area contributed by atoms with Gasteiger partial charge in [-0.3, -0.25) is 0 Å². The molecule has 1 saturated carbocycles. The van der Waals surface area contributed by atoms with Gasteiger partial charge in [0.05, 0.1) is 0 Å². The Bertz CT molecular complexity index is 371. The van der Waals surface area contributed by atoms with Crippen molar-refractivity contribution in [2.24, 2.45) is 0 Å². The average Bonchev–Trinajstić information content (AvgIpc) is 3.13. The van der Waals surface area contributed by atoms with Crippen LogP contribution in [0.3, 0.4) is 0 Å². The Morgan fingerprint density at radius 3 is 2.94 bits per heavy atom. The van der Waals surface area contributed by atoms with Crippen molar-refractivity contribution < 1.29 is 4.74 Å². The van der Waals surface area contributed by atoms with E-state index in [0.29, 0.717) is 0 Å². The molecule has 1 aromatic rings. The molecule has 0 heterocycles. The van der Waals surface area contributed by atoms with Gasteiger partial charge in [0.15, 0.2) is 0 Å². The predicted octanol–water partition coefficient (Wildman–Crippen LogP) is 2.93. The lowest BCUT2D eigenvalue weighted by atomic mass is 10.1. The number of para-hydroxylation sites is 1. The third kappa shape index (κ3) is 3.90. The van der Waals surface area contributed by atoms with Gasteiger partial charge < -0.3 is 10.1 Å². The summed E-state index contributed by atoms with van der Waals surface area (Å²) < 4.78 is 5.97. The summed E-state index contributed by atoms with van der Waals surface area (Å²) in [7, 11) is 0. The van der Waals surface area contributed by atoms with Crippen LogP contribution in [-0.2, 0) is 6.42 Å². The van der Waals surface area contributed by atoms with E-state index in [1.54, 1.807) is 0 Å². The third-order valence-electron chi connectivity index (χ3n) is 2.94. The molecule has 1 fully saturated rings. The van der Waals surface area contributed by atoms with Gasteiger partial charge in [-0.2, -0.15) is 0 Å². The first-order valence-electron chi connectivity index (χ1n) is 6.38. The standard InChI is InChI=1S/C15H21NO/c1-3-6-13-7-4-5-8-15(13)17-12(2)11-16-14-9-10-14/h3-5,7-8,12,14,16H,1,6,9-11H2,2H3. The van der Waals surface area contributed by atoms with Crippen LogP contribution in [0.2, 0.25) is 0 Å². The molecule has 0 radical (unpaired) electrons. The molecule has 0 aromatic heterocycles. The van der Waals surface area contributed by atoms with Gasteiger partial charge in [0.1, 0.15) is 11.9 Å². The summed E-state index contributed by atoms with van der Waals surface area (Å²) in [5.74, 6) is 0.984. The molecule has 0 spiro atoms. The number of ether oxygens (including phenoxy) is 1. The lowest BCUT2D eigenvalue weighted by Crippen LogP contribution is -2.30. The van der Waals surface area contributed by atoms with Gasteiger partial charge in [-0.05, 0) is 37.8 Å². The molecule has 2 heteroatoms. The summed E-state index contributed by atoms with van der Waals surface area (Å²) in [5, 5.41) is 3.48. The fourth-order valence-electron chi connectivity index (χ4n) is 1.82. The van der Waals surface area contributed by atoms with Crippen LogP contribution in [0.1, 0.15) is 25.3 Å². The smallest absolute Gasteiger partial charge is 0.123 e. The fraction of sp³-hybridized carbons (Fsp3) is 0.467. The van der Waals surface area contributed by atoms with Gasteiger partial charge in [0.2, 0.25) is 0 Å². The molecule has 1 aliphatic carbocycles. The van der Waals surface area contributed by atoms with Crippen LogP contribution in [0.25, 0.3) is 0 Å². The lowest BCUT2D eigenvalue weighted by molar-refractivity contribution is 0.215. The van der Waals surface area contributed by atoms with Crippen LogP contribution in [0.4, 0.5) is 0 Å². The highest BCUT2D eigenvalue weighted by Crippen LogP contribution is 2.21. The Morgan fingerprint density at radius 2 is 2.24 bits per heavy atom. The van der Waals surface area contributed by atoms with Crippen molar-refractivity contribution >= 4 is 0 Å². The van der Waals surface area contributed by atoms with Crippen molar-refractivity contribution in [2.45, 2.75) is 38.3 Å². The molecule has 1 aromatic carbocycles. The van der Waals surface area contributed by atoms with Gasteiger partial charge in [-0.15, -0.1) is 6.58 Å². The quantitative estimate of drug-likeness (QED) is 0.728. The summed E-state index contributed by atoms with van der Waals surface area (Å²) in [6, 6.07) is 8.93. The first-order chi connectivity index (χ1) is 8.29. The topological polar surface area (TPSA) is 21.3 Å². The molecule has 2 rings (SSSR count). The second-order valence-corrected chi connectivity index (χ2v) is 4.71. The molecule has 0 bridgehead atoms. The Morgan fingerprint density at radius 1 is 1.47 bits per heavy atom. The van der Waals surface area contributed by atoms with Gasteiger partial charge in [0, 0.05) is 12.6 Å². The minimum absolute atomic E-state index is 0.210. The van der Waals surface area contributed by atoms with Crippen molar-refractivity contribution in [3.63, 3.8) is 0 Å². The van der Waals surface area contributed by atoms with E-state index in [9.17, 15) is 0 Å². The number of hydrogen-bond donors (Lipinski definition) is 1. The molecular formula is C15H21NO. The monoisotopic (exact) mass is 231 g/mol. The van der Waals surface area contributed by atoms with Crippen LogP contribution in [0, 0.1) is 0 Å². The highest BCUT2D eigenvalue weighted by atomic mass is 16.5. The van der Waals surface area contributed by atoms with Crippen LogP contribution in [0.5, 0.6) is 5.75 Å². The van der Waals surface area contributed by atoms with E-state index in [1.165, 1.54) is 18.4 Å². The van der Waals surface area contributed by atoms with Crippen LogP contribution in [-0.4, -0.2) is 18.7 Å². The molecule has 0 saturated heterocycles. The first-order valence-corrected chi connectivity index (χ1v) is 6.38. The van der Waals surface area contributed by atoms with E-state index in [4.69, 9.17) is 4.74 Å². The van der Waals surface area contributed by atoms with E-state index in [1.807, 2.05) is 24.3 Å². The van der Waals surface area contributed by atoms with Crippen molar-refractivity contribution in [3.05, 3.63) is 42.5 Å². The summed E-state index contributed by atoms with van der Waals surface area (Å²) in [5.41, 5.74) is 1.21. The predicted molar refractivity (Wildman–Crippen MR) is 71.5 cm³/mol. The molecular weight excluding hydrogens is 210 g/mol. The van der Waals surface area contributed by atoms with Gasteiger partial charge in [0.25, 0.3) is 0 Å². The molecule has 1 N–H and O–H groups in total. The Hall–Kier alpha value is -1.28. The molecule has 92 valence electrons. The maximum atomic E-state index is 5.97. The second-order valence-electron chi connectivity index (χ2n) is 4.71. The molecule has 1 atom stereocenters. The normalized spacial score (nSPS) is 16.5. The summed E-state index contributed by atoms with van der Waals surface area (Å²) in [6.07, 6.45) is 5.62. The fourth-order valence-corrected chi connectivity index (χ4v) is 1.82. The van der Waals surface area contributed by atoms with Gasteiger partial charge in [-0.1, -0.05) is 24.3 Å². The molecule has 17 heavy (non-hydrogen) atoms. The minimum Gasteiger partial charge on any atom is -0.489 e. The number of nitrogens with one attached hydrogen (secondary N) is 1. The second kappa shape index (κ2) is 5.87. The number of rotatable bonds is 7. The molecule has 0 amide bonds. The third-order valence-corrected chi connectivity index (χ3v) is 2.94.